The molecule has 0 aliphatic carbocycles. The van der Waals surface area contributed by atoms with Gasteiger partial charge in [-0.15, -0.1) is 0 Å². The fourth-order valence-electron chi connectivity index (χ4n) is 5.83. The lowest BCUT2D eigenvalue weighted by molar-refractivity contribution is -0.0366. The van der Waals surface area contributed by atoms with Crippen molar-refractivity contribution in [1.82, 2.24) is 24.3 Å². The molecule has 3 aromatic carbocycles. The Morgan fingerprint density at radius 1 is 1.07 bits per heavy atom. The van der Waals surface area contributed by atoms with E-state index in [4.69, 9.17) is 25.3 Å². The van der Waals surface area contributed by atoms with Gasteiger partial charge >= 0.3 is 0 Å². The molecule has 1 fully saturated rings. The van der Waals surface area contributed by atoms with Crippen LogP contribution in [0, 0.1) is 0 Å². The highest BCUT2D eigenvalue weighted by molar-refractivity contribution is 9.10. The second-order valence-corrected chi connectivity index (χ2v) is 11.5. The maximum atomic E-state index is 14.4. The van der Waals surface area contributed by atoms with Gasteiger partial charge < -0.3 is 15.2 Å². The normalized spacial score (nSPS) is 15.3. The molecule has 6 aromatic rings. The predicted octanol–water partition coefficient (Wildman–Crippen LogP) is 6.58. The highest BCUT2D eigenvalue weighted by atomic mass is 79.9. The fraction of sp³-hybridized carbons (Fsp3) is 0.212. The summed E-state index contributed by atoms with van der Waals surface area (Å²) in [6.45, 7) is 1.03. The molecule has 216 valence electrons. The molecular formula is C33H29BrN6O3. The van der Waals surface area contributed by atoms with E-state index >= 15 is 0 Å². The predicted molar refractivity (Wildman–Crippen MR) is 171 cm³/mol. The van der Waals surface area contributed by atoms with Gasteiger partial charge in [-0.3, -0.25) is 14.3 Å². The lowest BCUT2D eigenvalue weighted by atomic mass is 9.98. The number of fused-ring (bicyclic) bond motifs is 2. The molecule has 1 aliphatic rings. The van der Waals surface area contributed by atoms with Crippen LogP contribution in [0.5, 0.6) is 5.75 Å². The summed E-state index contributed by atoms with van der Waals surface area (Å²) in [6.07, 6.45) is 8.23. The number of anilines is 1. The smallest absolute Gasteiger partial charge is 0.264 e. The number of benzene rings is 3. The van der Waals surface area contributed by atoms with Crippen molar-refractivity contribution < 1.29 is 9.47 Å². The number of nitrogen functional groups attached to an aromatic ring is 1. The zero-order chi connectivity index (χ0) is 29.5. The van der Waals surface area contributed by atoms with Crippen LogP contribution in [0.3, 0.4) is 0 Å². The Morgan fingerprint density at radius 3 is 2.63 bits per heavy atom. The van der Waals surface area contributed by atoms with Crippen LogP contribution in [0.2, 0.25) is 0 Å². The summed E-state index contributed by atoms with van der Waals surface area (Å²) in [7, 11) is 1.63. The Balaban J connectivity index is 1.43. The van der Waals surface area contributed by atoms with Gasteiger partial charge in [0.15, 0.2) is 6.23 Å². The van der Waals surface area contributed by atoms with Gasteiger partial charge in [0.2, 0.25) is 0 Å². The first kappa shape index (κ1) is 27.3. The molecule has 9 nitrogen and oxygen atoms in total. The van der Waals surface area contributed by atoms with Gasteiger partial charge in [0, 0.05) is 40.0 Å². The molecule has 4 heterocycles. The minimum atomic E-state index is -0.230. The number of rotatable bonds is 6. The maximum absolute atomic E-state index is 14.4. The number of halogens is 1. The van der Waals surface area contributed by atoms with E-state index in [9.17, 15) is 4.79 Å². The number of ether oxygens (including phenoxy) is 2. The molecule has 0 spiro atoms. The molecule has 0 amide bonds. The summed E-state index contributed by atoms with van der Waals surface area (Å²) in [4.78, 5) is 23.6. The van der Waals surface area contributed by atoms with Gasteiger partial charge in [0.05, 0.1) is 42.0 Å². The van der Waals surface area contributed by atoms with Crippen LogP contribution in [0.25, 0.3) is 44.3 Å². The van der Waals surface area contributed by atoms with Crippen LogP contribution in [0.4, 0.5) is 5.69 Å². The van der Waals surface area contributed by atoms with E-state index in [0.29, 0.717) is 33.4 Å². The Kier molecular flexibility index (Phi) is 7.16. The van der Waals surface area contributed by atoms with Gasteiger partial charge in [-0.2, -0.15) is 5.10 Å². The van der Waals surface area contributed by atoms with Crippen LogP contribution in [0.15, 0.2) is 88.5 Å². The van der Waals surface area contributed by atoms with Crippen molar-refractivity contribution in [3.63, 3.8) is 0 Å². The van der Waals surface area contributed by atoms with E-state index < -0.39 is 0 Å². The number of aromatic nitrogens is 5. The molecule has 0 saturated carbocycles. The van der Waals surface area contributed by atoms with Crippen LogP contribution >= 0.6 is 15.9 Å². The first-order chi connectivity index (χ1) is 21.0. The Hall–Kier alpha value is -4.54. The fourth-order valence-corrected chi connectivity index (χ4v) is 6.35. The first-order valence-corrected chi connectivity index (χ1v) is 15.0. The summed E-state index contributed by atoms with van der Waals surface area (Å²) >= 11 is 3.73. The third-order valence-electron chi connectivity index (χ3n) is 8.02. The highest BCUT2D eigenvalue weighted by Crippen LogP contribution is 2.40. The van der Waals surface area contributed by atoms with Crippen LogP contribution in [0.1, 0.15) is 31.1 Å². The van der Waals surface area contributed by atoms with Crippen molar-refractivity contribution in [2.45, 2.75) is 32.0 Å². The molecule has 10 heteroatoms. The lowest BCUT2D eigenvalue weighted by Gasteiger charge is -2.23. The summed E-state index contributed by atoms with van der Waals surface area (Å²) in [5.74, 6) is 1.27. The number of nitrogens with two attached hydrogens (primary N) is 1. The van der Waals surface area contributed by atoms with Gasteiger partial charge in [0.1, 0.15) is 11.6 Å². The van der Waals surface area contributed by atoms with Crippen LogP contribution < -0.4 is 16.0 Å². The molecule has 3 aromatic heterocycles. The minimum Gasteiger partial charge on any atom is -0.497 e. The van der Waals surface area contributed by atoms with E-state index in [1.165, 1.54) is 0 Å². The zero-order valence-corrected chi connectivity index (χ0v) is 25.1. The summed E-state index contributed by atoms with van der Waals surface area (Å²) in [6, 6.07) is 19.3. The lowest BCUT2D eigenvalue weighted by Crippen LogP contribution is -2.25. The third kappa shape index (κ3) is 4.86. The van der Waals surface area contributed by atoms with Crippen LogP contribution in [-0.4, -0.2) is 38.0 Å². The summed E-state index contributed by atoms with van der Waals surface area (Å²) < 4.78 is 15.6. The van der Waals surface area contributed by atoms with Crippen molar-refractivity contribution >= 4 is 43.4 Å². The number of hydrogen-bond donors (Lipinski definition) is 1. The maximum Gasteiger partial charge on any atom is 0.264 e. The van der Waals surface area contributed by atoms with Crippen molar-refractivity contribution in [1.29, 1.82) is 0 Å². The van der Waals surface area contributed by atoms with Crippen molar-refractivity contribution in [3.05, 3.63) is 99.6 Å². The Bertz CT molecular complexity index is 2020. The standard InChI is InChI=1S/C33H29BrN6O3/c1-42-22-10-8-20(9-11-22)19-39-32(21-12-14-36-15-13-21)38-31-26(34)17-24(30(35)29(31)33(39)41)23-5-4-6-27-25(23)18-37-40(27)28-7-2-3-16-43-28/h4-6,8-15,17-18,28H,2-3,7,16,19,35H2,1H3. The molecule has 1 atom stereocenters. The van der Waals surface area contributed by atoms with Crippen LogP contribution in [-0.2, 0) is 11.3 Å². The second-order valence-electron chi connectivity index (χ2n) is 10.6. The van der Waals surface area contributed by atoms with E-state index in [0.717, 1.165) is 64.8 Å². The Labute approximate surface area is 256 Å². The molecular weight excluding hydrogens is 608 g/mol. The molecule has 0 bridgehead atoms. The van der Waals surface area contributed by atoms with E-state index in [1.807, 2.05) is 71.5 Å². The first-order valence-electron chi connectivity index (χ1n) is 14.2. The van der Waals surface area contributed by atoms with E-state index in [1.54, 1.807) is 24.1 Å². The van der Waals surface area contributed by atoms with E-state index in [-0.39, 0.29) is 11.8 Å². The summed E-state index contributed by atoms with van der Waals surface area (Å²) in [5.41, 5.74) is 11.8. The quantitative estimate of drug-likeness (QED) is 0.206. The molecule has 1 unspecified atom stereocenters. The molecule has 43 heavy (non-hydrogen) atoms. The van der Waals surface area contributed by atoms with Gasteiger partial charge in [-0.25, -0.2) is 9.67 Å². The monoisotopic (exact) mass is 636 g/mol. The number of nitrogens with zero attached hydrogens (tertiary/aromatic N) is 5. The van der Waals surface area contributed by atoms with Crippen molar-refractivity contribution in [2.75, 3.05) is 19.5 Å². The Morgan fingerprint density at radius 2 is 1.88 bits per heavy atom. The molecule has 1 aliphatic heterocycles. The number of hydrogen-bond acceptors (Lipinski definition) is 7. The summed E-state index contributed by atoms with van der Waals surface area (Å²) in [5, 5.41) is 6.00. The number of methoxy groups -OCH3 is 1. The average Bonchev–Trinajstić information content (AvgIpc) is 3.49. The second kappa shape index (κ2) is 11.3. The van der Waals surface area contributed by atoms with Gasteiger partial charge in [-0.1, -0.05) is 24.3 Å². The SMILES string of the molecule is COc1ccc(Cn2c(-c3ccncc3)nc3c(Br)cc(-c4cccc5c4cnn5C4CCCCO4)c(N)c3c2=O)cc1. The van der Waals surface area contributed by atoms with Crippen molar-refractivity contribution in [2.24, 2.45) is 0 Å². The average molecular weight is 638 g/mol. The third-order valence-corrected chi connectivity index (χ3v) is 8.63. The minimum absolute atomic E-state index is 0.0943. The topological polar surface area (TPSA) is 110 Å². The van der Waals surface area contributed by atoms with Gasteiger partial charge in [-0.05, 0) is 82.7 Å². The zero-order valence-electron chi connectivity index (χ0n) is 23.5. The highest BCUT2D eigenvalue weighted by Gasteiger charge is 2.23. The van der Waals surface area contributed by atoms with Crippen molar-refractivity contribution in [3.8, 4) is 28.3 Å². The van der Waals surface area contributed by atoms with Gasteiger partial charge in [0.25, 0.3) is 5.56 Å². The largest absolute Gasteiger partial charge is 0.497 e. The molecule has 7 rings (SSSR count). The van der Waals surface area contributed by atoms with E-state index in [2.05, 4.69) is 20.9 Å². The molecule has 1 saturated heterocycles. The number of pyridine rings is 1. The molecule has 0 radical (unpaired) electrons. The molecule has 2 N–H and O–H groups in total.